The summed E-state index contributed by atoms with van der Waals surface area (Å²) in [6.07, 6.45) is 1.58. The van der Waals surface area contributed by atoms with E-state index in [2.05, 4.69) is 0 Å². The van der Waals surface area contributed by atoms with Crippen LogP contribution in [0.5, 0.6) is 34.5 Å². The van der Waals surface area contributed by atoms with Crippen LogP contribution in [0.2, 0.25) is 0 Å². The Bertz CT molecular complexity index is 1590. The van der Waals surface area contributed by atoms with Gasteiger partial charge >= 0.3 is 5.97 Å². The smallest absolute Gasteiger partial charge is 0.379 e. The molecule has 0 spiro atoms. The van der Waals surface area contributed by atoms with Crippen molar-refractivity contribution in [3.8, 4) is 34.5 Å². The first-order valence-corrected chi connectivity index (χ1v) is 11.5. The van der Waals surface area contributed by atoms with Gasteiger partial charge in [-0.05, 0) is 55.0 Å². The third-order valence-electron chi connectivity index (χ3n) is 6.15. The maximum Gasteiger partial charge on any atom is 0.379 e. The lowest BCUT2D eigenvalue weighted by Crippen LogP contribution is -2.08. The van der Waals surface area contributed by atoms with Crippen LogP contribution in [0.4, 0.5) is 0 Å². The first kappa shape index (κ1) is 24.8. The molecule has 0 aliphatic carbocycles. The Kier molecular flexibility index (Phi) is 6.42. The molecule has 0 fully saturated rings. The van der Waals surface area contributed by atoms with Crippen molar-refractivity contribution in [2.24, 2.45) is 0 Å². The van der Waals surface area contributed by atoms with Gasteiger partial charge in [-0.2, -0.15) is 0 Å². The summed E-state index contributed by atoms with van der Waals surface area (Å²) >= 11 is 0. The molecule has 0 atom stereocenters. The summed E-state index contributed by atoms with van der Waals surface area (Å²) < 4.78 is 38.6. The highest BCUT2D eigenvalue weighted by Gasteiger charge is 2.31. The number of rotatable bonds is 7. The predicted molar refractivity (Wildman–Crippen MR) is 138 cm³/mol. The molecule has 194 valence electrons. The summed E-state index contributed by atoms with van der Waals surface area (Å²) in [7, 11) is 6.05. The number of ether oxygens (including phenoxy) is 6. The molecule has 0 saturated heterocycles. The summed E-state index contributed by atoms with van der Waals surface area (Å²) in [5, 5.41) is 0.706. The van der Waals surface area contributed by atoms with Crippen LogP contribution in [-0.2, 0) is 0 Å². The zero-order valence-electron chi connectivity index (χ0n) is 21.4. The Hall–Kier alpha value is -4.92. The molecule has 0 saturated carbocycles. The van der Waals surface area contributed by atoms with E-state index < -0.39 is 5.97 Å². The number of para-hydroxylation sites is 1. The average Bonchev–Trinajstić information content (AvgIpc) is 3.51. The fourth-order valence-electron chi connectivity index (χ4n) is 4.26. The summed E-state index contributed by atoms with van der Waals surface area (Å²) in [5.41, 5.74) is 1.91. The van der Waals surface area contributed by atoms with Gasteiger partial charge in [-0.15, -0.1) is 0 Å². The average molecular weight is 517 g/mol. The fourth-order valence-corrected chi connectivity index (χ4v) is 4.26. The highest BCUT2D eigenvalue weighted by atomic mass is 16.6. The van der Waals surface area contributed by atoms with Gasteiger partial charge in [0.1, 0.15) is 11.5 Å². The van der Waals surface area contributed by atoms with Crippen molar-refractivity contribution in [3.05, 3.63) is 76.7 Å². The number of carbonyl (C=O) groups is 2. The van der Waals surface area contributed by atoms with Crippen LogP contribution < -0.4 is 28.4 Å². The largest absolute Gasteiger partial charge is 0.493 e. The summed E-state index contributed by atoms with van der Waals surface area (Å²) in [6, 6.07) is 13.5. The minimum Gasteiger partial charge on any atom is -0.493 e. The zero-order chi connectivity index (χ0) is 27.0. The topological polar surface area (TPSA) is 103 Å². The van der Waals surface area contributed by atoms with Gasteiger partial charge in [-0.25, -0.2) is 4.79 Å². The molecule has 38 heavy (non-hydrogen) atoms. The van der Waals surface area contributed by atoms with Crippen LogP contribution in [0.3, 0.4) is 0 Å². The molecule has 0 bridgehead atoms. The summed E-state index contributed by atoms with van der Waals surface area (Å²) in [6.45, 7) is 1.71. The van der Waals surface area contributed by atoms with Crippen LogP contribution in [-0.4, -0.2) is 40.2 Å². The van der Waals surface area contributed by atoms with Crippen LogP contribution >= 0.6 is 0 Å². The number of esters is 1. The van der Waals surface area contributed by atoms with E-state index in [1.165, 1.54) is 28.4 Å². The van der Waals surface area contributed by atoms with Gasteiger partial charge in [-0.1, -0.05) is 12.1 Å². The molecule has 1 aliphatic rings. The van der Waals surface area contributed by atoms with Gasteiger partial charge in [0, 0.05) is 10.9 Å². The standard InChI is InChI=1S/C29H24O9/c1-15-19(38-29(31)24-14-17-7-6-8-20(32-2)27(17)37-24)10-9-18-25(30)21(36-26(15)18)11-16-12-22(33-3)28(35-5)23(13-16)34-4/h6-14H,1-5H3/b21-11-. The Morgan fingerprint density at radius 1 is 0.842 bits per heavy atom. The number of hydrogen-bond donors (Lipinski definition) is 0. The van der Waals surface area contributed by atoms with Gasteiger partial charge in [0.15, 0.2) is 28.6 Å². The lowest BCUT2D eigenvalue weighted by molar-refractivity contribution is 0.0702. The lowest BCUT2D eigenvalue weighted by atomic mass is 10.1. The molecule has 1 aliphatic heterocycles. The zero-order valence-corrected chi connectivity index (χ0v) is 21.4. The van der Waals surface area contributed by atoms with E-state index in [9.17, 15) is 9.59 Å². The minimum absolute atomic E-state index is 0.0179. The molecule has 0 amide bonds. The Labute approximate surface area is 218 Å². The van der Waals surface area contributed by atoms with E-state index in [0.717, 1.165) is 0 Å². The van der Waals surface area contributed by atoms with E-state index in [-0.39, 0.29) is 23.1 Å². The second-order valence-electron chi connectivity index (χ2n) is 8.34. The number of fused-ring (bicyclic) bond motifs is 2. The monoisotopic (exact) mass is 516 g/mol. The van der Waals surface area contributed by atoms with Crippen molar-refractivity contribution in [1.82, 2.24) is 0 Å². The van der Waals surface area contributed by atoms with Crippen molar-refractivity contribution >= 4 is 28.8 Å². The van der Waals surface area contributed by atoms with Crippen LogP contribution in [0.15, 0.2) is 58.7 Å². The lowest BCUT2D eigenvalue weighted by Gasteiger charge is -2.13. The van der Waals surface area contributed by atoms with Crippen molar-refractivity contribution in [1.29, 1.82) is 0 Å². The van der Waals surface area contributed by atoms with Crippen molar-refractivity contribution in [2.75, 3.05) is 28.4 Å². The number of methoxy groups -OCH3 is 4. The molecular formula is C29H24O9. The third kappa shape index (κ3) is 4.17. The number of carbonyl (C=O) groups excluding carboxylic acids is 2. The number of hydrogen-bond acceptors (Lipinski definition) is 9. The maximum absolute atomic E-state index is 13.1. The number of ketones is 1. The van der Waals surface area contributed by atoms with Gasteiger partial charge in [0.2, 0.25) is 17.3 Å². The van der Waals surface area contributed by atoms with Crippen LogP contribution in [0.1, 0.15) is 32.0 Å². The number of Topliss-reactive ketones (excluding diaryl/α,β-unsaturated/α-hetero) is 1. The first-order valence-electron chi connectivity index (χ1n) is 11.5. The first-order chi connectivity index (χ1) is 18.4. The van der Waals surface area contributed by atoms with Crippen LogP contribution in [0, 0.1) is 6.92 Å². The minimum atomic E-state index is -0.691. The molecule has 0 unspecified atom stereocenters. The number of furan rings is 1. The molecule has 0 N–H and O–H groups in total. The molecular weight excluding hydrogens is 492 g/mol. The Morgan fingerprint density at radius 2 is 1.55 bits per heavy atom. The normalized spacial score (nSPS) is 13.3. The van der Waals surface area contributed by atoms with Gasteiger partial charge in [0.25, 0.3) is 0 Å². The SMILES string of the molecule is COc1cc(/C=C2\Oc3c(ccc(OC(=O)c4cc5cccc(OC)c5o4)c3C)C2=O)cc(OC)c1OC. The molecule has 9 nitrogen and oxygen atoms in total. The highest BCUT2D eigenvalue weighted by molar-refractivity contribution is 6.15. The van der Waals surface area contributed by atoms with Crippen molar-refractivity contribution in [3.63, 3.8) is 0 Å². The van der Waals surface area contributed by atoms with Crippen molar-refractivity contribution < 1.29 is 42.4 Å². The number of benzene rings is 3. The molecule has 3 aromatic carbocycles. The second kappa shape index (κ2) is 9.85. The highest BCUT2D eigenvalue weighted by Crippen LogP contribution is 2.42. The second-order valence-corrected chi connectivity index (χ2v) is 8.34. The molecule has 1 aromatic heterocycles. The molecule has 5 rings (SSSR count). The maximum atomic E-state index is 13.1. The molecule has 9 heteroatoms. The third-order valence-corrected chi connectivity index (χ3v) is 6.15. The van der Waals surface area contributed by atoms with E-state index in [4.69, 9.17) is 32.8 Å². The van der Waals surface area contributed by atoms with Gasteiger partial charge in [-0.3, -0.25) is 4.79 Å². The van der Waals surface area contributed by atoms with E-state index >= 15 is 0 Å². The van der Waals surface area contributed by atoms with Crippen LogP contribution in [0.25, 0.3) is 17.0 Å². The van der Waals surface area contributed by atoms with E-state index in [1.54, 1.807) is 61.5 Å². The fraction of sp³-hybridized carbons (Fsp3) is 0.172. The van der Waals surface area contributed by atoms with Gasteiger partial charge in [0.05, 0.1) is 34.0 Å². The van der Waals surface area contributed by atoms with Crippen molar-refractivity contribution in [2.45, 2.75) is 6.92 Å². The number of allylic oxidation sites excluding steroid dienone is 1. The van der Waals surface area contributed by atoms with E-state index in [1.807, 2.05) is 0 Å². The molecule has 2 heterocycles. The molecule has 4 aromatic rings. The molecule has 0 radical (unpaired) electrons. The Morgan fingerprint density at radius 3 is 2.21 bits per heavy atom. The summed E-state index contributed by atoms with van der Waals surface area (Å²) in [4.78, 5) is 26.0. The quantitative estimate of drug-likeness (QED) is 0.176. The van der Waals surface area contributed by atoms with E-state index in [0.29, 0.717) is 56.4 Å². The van der Waals surface area contributed by atoms with Gasteiger partial charge < -0.3 is 32.8 Å². The summed E-state index contributed by atoms with van der Waals surface area (Å²) in [5.74, 6) is 1.49. The Balaban J connectivity index is 1.43. The predicted octanol–water partition coefficient (Wildman–Crippen LogP) is 5.61.